The number of para-hydroxylation sites is 1. The highest BCUT2D eigenvalue weighted by atomic mass is 16.5. The lowest BCUT2D eigenvalue weighted by atomic mass is 10.0. The summed E-state index contributed by atoms with van der Waals surface area (Å²) in [6.45, 7) is 3.24. The number of rotatable bonds is 4. The molecule has 0 fully saturated rings. The van der Waals surface area contributed by atoms with Gasteiger partial charge < -0.3 is 9.84 Å². The first-order chi connectivity index (χ1) is 10.5. The Bertz CT molecular complexity index is 727. The van der Waals surface area contributed by atoms with Crippen LogP contribution in [0.25, 0.3) is 11.6 Å². The van der Waals surface area contributed by atoms with Gasteiger partial charge in [0.15, 0.2) is 0 Å². The van der Waals surface area contributed by atoms with Crippen LogP contribution in [0.3, 0.4) is 0 Å². The minimum atomic E-state index is -1.08. The summed E-state index contributed by atoms with van der Waals surface area (Å²) in [4.78, 5) is 22.8. The van der Waals surface area contributed by atoms with Crippen LogP contribution in [0.5, 0.6) is 5.75 Å². The molecule has 2 rings (SSSR count). The molecule has 0 heterocycles. The molecule has 0 aliphatic heterocycles. The van der Waals surface area contributed by atoms with Crippen LogP contribution in [0.15, 0.2) is 48.5 Å². The molecule has 2 aromatic rings. The number of hydrogen-bond donors (Lipinski definition) is 1. The van der Waals surface area contributed by atoms with E-state index >= 15 is 0 Å². The fraction of sp³-hybridized carbons (Fsp3) is 0.111. The van der Waals surface area contributed by atoms with Gasteiger partial charge in [-0.05, 0) is 24.6 Å². The molecular weight excluding hydrogens is 280 g/mol. The van der Waals surface area contributed by atoms with Gasteiger partial charge in [0.25, 0.3) is 0 Å². The van der Waals surface area contributed by atoms with Gasteiger partial charge in [-0.1, -0.05) is 48.0 Å². The summed E-state index contributed by atoms with van der Waals surface area (Å²) in [5, 5.41) is 9.49. The molecule has 2 aromatic carbocycles. The summed E-state index contributed by atoms with van der Waals surface area (Å²) < 4.78 is 5.09. The molecular formula is C18H16O4. The van der Waals surface area contributed by atoms with Gasteiger partial charge in [0.05, 0.1) is 5.57 Å². The van der Waals surface area contributed by atoms with Crippen molar-refractivity contribution in [1.29, 1.82) is 0 Å². The second-order valence-corrected chi connectivity index (χ2v) is 4.86. The topological polar surface area (TPSA) is 63.6 Å². The Morgan fingerprint density at radius 1 is 1.05 bits per heavy atom. The molecule has 0 spiro atoms. The molecule has 0 saturated heterocycles. The van der Waals surface area contributed by atoms with Crippen LogP contribution in [0.1, 0.15) is 23.6 Å². The smallest absolute Gasteiger partial charge is 0.336 e. The molecule has 0 amide bonds. The van der Waals surface area contributed by atoms with E-state index in [2.05, 4.69) is 0 Å². The number of benzene rings is 2. The van der Waals surface area contributed by atoms with Crippen molar-refractivity contribution in [2.45, 2.75) is 13.8 Å². The Hall–Kier alpha value is -2.88. The molecule has 0 radical (unpaired) electrons. The lowest BCUT2D eigenvalue weighted by Crippen LogP contribution is -2.06. The monoisotopic (exact) mass is 296 g/mol. The lowest BCUT2D eigenvalue weighted by Gasteiger charge is -2.09. The summed E-state index contributed by atoms with van der Waals surface area (Å²) >= 11 is 0. The highest BCUT2D eigenvalue weighted by Crippen LogP contribution is 2.28. The first-order valence-corrected chi connectivity index (χ1v) is 6.77. The maximum atomic E-state index is 11.6. The van der Waals surface area contributed by atoms with Crippen molar-refractivity contribution in [1.82, 2.24) is 0 Å². The van der Waals surface area contributed by atoms with Crippen molar-refractivity contribution in [3.63, 3.8) is 0 Å². The molecule has 0 unspecified atom stereocenters. The van der Waals surface area contributed by atoms with Crippen molar-refractivity contribution < 1.29 is 19.4 Å². The minimum absolute atomic E-state index is 0.0701. The first-order valence-electron chi connectivity index (χ1n) is 6.77. The molecule has 0 aliphatic carbocycles. The highest BCUT2D eigenvalue weighted by molar-refractivity contribution is 6.21. The van der Waals surface area contributed by atoms with Crippen LogP contribution < -0.4 is 4.74 Å². The van der Waals surface area contributed by atoms with Crippen LogP contribution in [-0.4, -0.2) is 17.0 Å². The highest BCUT2D eigenvalue weighted by Gasteiger charge is 2.16. The number of aryl methyl sites for hydroxylation is 1. The summed E-state index contributed by atoms with van der Waals surface area (Å²) in [6.07, 6.45) is 1.56. The quantitative estimate of drug-likeness (QED) is 0.405. The Kier molecular flexibility index (Phi) is 4.73. The van der Waals surface area contributed by atoms with Crippen molar-refractivity contribution in [3.05, 3.63) is 65.2 Å². The predicted molar refractivity (Wildman–Crippen MR) is 84.4 cm³/mol. The fourth-order valence-electron chi connectivity index (χ4n) is 2.02. The molecule has 1 N–H and O–H groups in total. The van der Waals surface area contributed by atoms with E-state index in [9.17, 15) is 14.7 Å². The number of carboxylic acids is 1. The maximum Gasteiger partial charge on any atom is 0.336 e. The Morgan fingerprint density at radius 2 is 1.68 bits per heavy atom. The number of aliphatic carboxylic acids is 1. The molecule has 0 aromatic heterocycles. The molecule has 0 bridgehead atoms. The Balaban J connectivity index is 2.51. The molecule has 112 valence electrons. The summed E-state index contributed by atoms with van der Waals surface area (Å²) in [6, 6.07) is 14.1. The van der Waals surface area contributed by atoms with E-state index in [1.165, 1.54) is 6.92 Å². The molecule has 4 nitrogen and oxygen atoms in total. The maximum absolute atomic E-state index is 11.6. The fourth-order valence-corrected chi connectivity index (χ4v) is 2.02. The normalized spacial score (nSPS) is 11.1. The SMILES string of the molecule is CC(=O)Oc1ccccc1/C(=C\c1ccc(C)cc1)C(=O)O. The van der Waals surface area contributed by atoms with Gasteiger partial charge in [-0.15, -0.1) is 0 Å². The predicted octanol–water partition coefficient (Wildman–Crippen LogP) is 3.55. The number of hydrogen-bond acceptors (Lipinski definition) is 3. The number of ether oxygens (including phenoxy) is 1. The number of esters is 1. The van der Waals surface area contributed by atoms with E-state index in [-0.39, 0.29) is 11.3 Å². The number of carbonyl (C=O) groups is 2. The summed E-state index contributed by atoms with van der Waals surface area (Å²) in [5.74, 6) is -1.34. The second kappa shape index (κ2) is 6.72. The van der Waals surface area contributed by atoms with Gasteiger partial charge in [0.2, 0.25) is 0 Å². The van der Waals surface area contributed by atoms with Crippen molar-refractivity contribution in [2.24, 2.45) is 0 Å². The first kappa shape index (κ1) is 15.5. The lowest BCUT2D eigenvalue weighted by molar-refractivity contribution is -0.132. The van der Waals surface area contributed by atoms with E-state index in [0.717, 1.165) is 11.1 Å². The summed E-state index contributed by atoms with van der Waals surface area (Å²) in [5.41, 5.74) is 2.29. The standard InChI is InChI=1S/C18H16O4/c1-12-7-9-14(10-8-12)11-16(18(20)21)15-5-3-4-6-17(15)22-13(2)19/h3-11H,1-2H3,(H,20,21)/b16-11+. The molecule has 0 aliphatic rings. The molecule has 0 saturated carbocycles. The van der Waals surface area contributed by atoms with Crippen molar-refractivity contribution in [2.75, 3.05) is 0 Å². The molecule has 0 atom stereocenters. The van der Waals surface area contributed by atoms with Crippen LogP contribution >= 0.6 is 0 Å². The minimum Gasteiger partial charge on any atom is -0.478 e. The summed E-state index contributed by atoms with van der Waals surface area (Å²) in [7, 11) is 0. The zero-order valence-electron chi connectivity index (χ0n) is 12.4. The third kappa shape index (κ3) is 3.82. The Labute approximate surface area is 128 Å². The van der Waals surface area contributed by atoms with E-state index in [1.54, 1.807) is 30.3 Å². The second-order valence-electron chi connectivity index (χ2n) is 4.86. The van der Waals surface area contributed by atoms with Gasteiger partial charge in [-0.25, -0.2) is 4.79 Å². The number of carboxylic acid groups (broad SMARTS) is 1. The van der Waals surface area contributed by atoms with Gasteiger partial charge in [0.1, 0.15) is 5.75 Å². The van der Waals surface area contributed by atoms with Crippen molar-refractivity contribution >= 4 is 23.6 Å². The van der Waals surface area contributed by atoms with Crippen molar-refractivity contribution in [3.8, 4) is 5.75 Å². The Morgan fingerprint density at radius 3 is 2.27 bits per heavy atom. The third-order valence-corrected chi connectivity index (χ3v) is 3.05. The van der Waals surface area contributed by atoms with E-state index < -0.39 is 11.9 Å². The van der Waals surface area contributed by atoms with E-state index in [4.69, 9.17) is 4.74 Å². The van der Waals surface area contributed by atoms with Crippen LogP contribution in [-0.2, 0) is 9.59 Å². The van der Waals surface area contributed by atoms with Crippen LogP contribution in [0.4, 0.5) is 0 Å². The van der Waals surface area contributed by atoms with Gasteiger partial charge in [-0.3, -0.25) is 4.79 Å². The average molecular weight is 296 g/mol. The zero-order chi connectivity index (χ0) is 16.1. The van der Waals surface area contributed by atoms with Crippen LogP contribution in [0.2, 0.25) is 0 Å². The zero-order valence-corrected chi connectivity index (χ0v) is 12.4. The van der Waals surface area contributed by atoms with Gasteiger partial charge in [0, 0.05) is 12.5 Å². The van der Waals surface area contributed by atoms with E-state index in [1.807, 2.05) is 31.2 Å². The molecule has 22 heavy (non-hydrogen) atoms. The van der Waals surface area contributed by atoms with E-state index in [0.29, 0.717) is 5.56 Å². The average Bonchev–Trinajstić information content (AvgIpc) is 2.47. The number of carbonyl (C=O) groups excluding carboxylic acids is 1. The van der Waals surface area contributed by atoms with Crippen LogP contribution in [0, 0.1) is 6.92 Å². The third-order valence-electron chi connectivity index (χ3n) is 3.05. The van der Waals surface area contributed by atoms with Gasteiger partial charge >= 0.3 is 11.9 Å². The largest absolute Gasteiger partial charge is 0.478 e. The molecule has 4 heteroatoms. The van der Waals surface area contributed by atoms with Gasteiger partial charge in [-0.2, -0.15) is 0 Å².